The maximum absolute atomic E-state index is 13.9. The van der Waals surface area contributed by atoms with Gasteiger partial charge in [-0.25, -0.2) is 9.78 Å². The summed E-state index contributed by atoms with van der Waals surface area (Å²) >= 11 is 0. The summed E-state index contributed by atoms with van der Waals surface area (Å²) in [6, 6.07) is 2.51. The van der Waals surface area contributed by atoms with Gasteiger partial charge in [0.15, 0.2) is 17.3 Å². The van der Waals surface area contributed by atoms with Crippen LogP contribution >= 0.6 is 0 Å². The number of ketones is 3. The van der Waals surface area contributed by atoms with E-state index in [2.05, 4.69) is 36.6 Å². The van der Waals surface area contributed by atoms with Crippen LogP contribution in [0.25, 0.3) is 0 Å². The van der Waals surface area contributed by atoms with Crippen LogP contribution in [0.1, 0.15) is 56.7 Å². The number of amides is 3. The Morgan fingerprint density at radius 3 is 1.73 bits per heavy atom. The number of aldehydes is 1. The first-order valence-electron chi connectivity index (χ1n) is 30.4. The molecule has 3 aromatic rings. The number of aliphatic hydroxyl groups excluding tert-OH is 2. The molecule has 1 aliphatic rings. The standard InChI is InChI=1S/C60H85N11O23.Ga.H2O/c1-37(47(76)27-40(25-42-30-61-36-64-42)58(88)66-44(33-73)48(77)28-39(24-38-6-3-2-4-7-38)57(87)67-45(34-74)59(89)90)65-56(86)41(29-49(78)79)26-43(75)35-94-23-22-93-21-10-63-53-52(54(84)55(53)85)62-9-5-8-46(60(91)92)71-17-15-68(19-20-72)11-12-69(31-50(80)81)13-14-70(16-18-71)32-51(82)83;;/h2-4,6-7,20,30,36-37,39-41,44-46,62-63,73-74H,5,8-19,21-29,31-35H2,1H3,(H,61,64)(H,65,86)(H,66,88)(H,67,87)(H,78,79)(H,80,81)(H,82,83)(H,89,90)(H,91,92);;1H2/q;+3;/p-4/t37-,39+,40+,41-,44-,45-,46?;;/m0../s1. The molecule has 3 amide bonds. The molecule has 2 heterocycles. The number of anilines is 2. The Kier molecular flexibility index (Phi) is 38.9. The van der Waals surface area contributed by atoms with Crippen molar-refractivity contribution < 1.29 is 108 Å². The Morgan fingerprint density at radius 2 is 1.19 bits per heavy atom. The van der Waals surface area contributed by atoms with Crippen LogP contribution in [0.5, 0.6) is 0 Å². The number of aromatic amines is 1. The van der Waals surface area contributed by atoms with Gasteiger partial charge >= 0.3 is 31.7 Å². The molecule has 1 aromatic heterocycles. The maximum Gasteiger partial charge on any atom is 3.00 e. The van der Waals surface area contributed by atoms with Crippen molar-refractivity contribution in [1.29, 1.82) is 0 Å². The van der Waals surface area contributed by atoms with E-state index in [1.807, 2.05) is 0 Å². The Labute approximate surface area is 564 Å². The molecule has 526 valence electrons. The van der Waals surface area contributed by atoms with Crippen LogP contribution in [0.15, 0.2) is 52.4 Å². The molecule has 2 aromatic carbocycles. The molecule has 35 nitrogen and oxygen atoms in total. The molecule has 4 rings (SSSR count). The van der Waals surface area contributed by atoms with E-state index in [9.17, 15) is 103 Å². The summed E-state index contributed by atoms with van der Waals surface area (Å²) < 4.78 is 10.9. The van der Waals surface area contributed by atoms with Gasteiger partial charge in [-0.05, 0) is 31.7 Å². The molecule has 0 saturated carbocycles. The minimum atomic E-state index is -1.69. The molecule has 1 unspecified atom stereocenters. The summed E-state index contributed by atoms with van der Waals surface area (Å²) in [5, 5.41) is 87.0. The summed E-state index contributed by atoms with van der Waals surface area (Å²) in [6.07, 6.45) is 0.622. The van der Waals surface area contributed by atoms with Crippen LogP contribution in [-0.2, 0) is 79.8 Å². The second-order valence-corrected chi connectivity index (χ2v) is 22.5. The maximum atomic E-state index is 13.9. The topological polar surface area (TPSA) is 539 Å². The number of carboxylic acids is 5. The van der Waals surface area contributed by atoms with Crippen LogP contribution in [-0.4, -0.2) is 295 Å². The van der Waals surface area contributed by atoms with E-state index in [1.165, 1.54) is 24.3 Å². The van der Waals surface area contributed by atoms with Crippen LogP contribution in [0, 0.1) is 17.8 Å². The van der Waals surface area contributed by atoms with Crippen LogP contribution in [0.4, 0.5) is 11.4 Å². The van der Waals surface area contributed by atoms with Gasteiger partial charge in [0.25, 0.3) is 10.9 Å². The van der Waals surface area contributed by atoms with Gasteiger partial charge in [-0.3, -0.25) is 62.8 Å². The van der Waals surface area contributed by atoms with E-state index in [1.54, 1.807) is 45.0 Å². The van der Waals surface area contributed by atoms with E-state index >= 15 is 0 Å². The second-order valence-electron chi connectivity index (χ2n) is 22.5. The number of hydrogen-bond acceptors (Lipinski definition) is 29. The summed E-state index contributed by atoms with van der Waals surface area (Å²) in [5.41, 5.74) is -0.749. The number of carbonyl (C=O) groups is 12. The summed E-state index contributed by atoms with van der Waals surface area (Å²) in [5.74, 6) is -16.1. The minimum Gasteiger partial charge on any atom is -0.870 e. The number of aromatic nitrogens is 2. The molecule has 1 aliphatic heterocycles. The third-order valence-electron chi connectivity index (χ3n) is 15.4. The number of nitrogens with zero attached hydrogens (tertiary/aromatic N) is 5. The molecule has 96 heavy (non-hydrogen) atoms. The van der Waals surface area contributed by atoms with Gasteiger partial charge < -0.3 is 101 Å². The molecular weight excluding hydrogens is 1330 g/mol. The van der Waals surface area contributed by atoms with Gasteiger partial charge in [0.05, 0.1) is 88.1 Å². The minimum absolute atomic E-state index is 0. The smallest absolute Gasteiger partial charge is 0.870 e. The number of imidazole rings is 1. The SMILES string of the molecule is C[C@H](NC(=O)[C@H](CC(=O)O)CC(=O)COCCOCCNc1c(NCCCC(C(=O)[O-])N2CCN(CC=O)CCN(CC(=O)[O-])CCN(CC(=O)[O-])CC2)c(=O)c1=O)C(=O)C[C@@H](Cc1cnc[nH]1)C(=O)N[C@@H](CO)C(=O)C[C@@H](Cc1ccccc1)C(=O)N[C@@H](CO)C(=O)O.[Ga+3].[OH-]. The zero-order valence-electron chi connectivity index (χ0n) is 53.1. The average Bonchev–Trinajstić information content (AvgIpc) is 0.868. The molecule has 7 atom stereocenters. The first-order valence-corrected chi connectivity index (χ1v) is 30.4. The number of hydrogen-bond donors (Lipinski definition) is 10. The average molecular weight is 1410 g/mol. The molecule has 11 N–H and O–H groups in total. The number of rotatable bonds is 45. The molecule has 0 aliphatic carbocycles. The summed E-state index contributed by atoms with van der Waals surface area (Å²) in [7, 11) is 0. The van der Waals surface area contributed by atoms with E-state index in [4.69, 9.17) is 9.47 Å². The fourth-order valence-corrected chi connectivity index (χ4v) is 10.3. The van der Waals surface area contributed by atoms with E-state index in [0.29, 0.717) is 17.5 Å². The zero-order valence-corrected chi connectivity index (χ0v) is 55.5. The van der Waals surface area contributed by atoms with Crippen molar-refractivity contribution in [2.24, 2.45) is 17.8 Å². The van der Waals surface area contributed by atoms with Gasteiger partial charge in [-0.2, -0.15) is 0 Å². The Bertz CT molecular complexity index is 3080. The molecule has 0 bridgehead atoms. The van der Waals surface area contributed by atoms with Crippen LogP contribution in [0.3, 0.4) is 0 Å². The number of aliphatic carboxylic acids is 5. The molecule has 1 saturated heterocycles. The third kappa shape index (κ3) is 29.9. The largest absolute Gasteiger partial charge is 3.00 e. The molecule has 0 radical (unpaired) electrons. The number of carbonyl (C=O) groups excluding carboxylic acids is 10. The van der Waals surface area contributed by atoms with Gasteiger partial charge in [0.2, 0.25) is 17.7 Å². The van der Waals surface area contributed by atoms with Crippen molar-refractivity contribution in [3.05, 3.63) is 74.6 Å². The van der Waals surface area contributed by atoms with Crippen molar-refractivity contribution in [2.75, 3.05) is 135 Å². The predicted octanol–water partition coefficient (Wildman–Crippen LogP) is -8.65. The summed E-state index contributed by atoms with van der Waals surface area (Å²) in [6.45, 7) is -1.27. The Balaban J connectivity index is 0.0000157. The first kappa shape index (κ1) is 83.9. The number of aliphatic hydroxyl groups is 2. The monoisotopic (exact) mass is 1410 g/mol. The van der Waals surface area contributed by atoms with Gasteiger partial charge in [-0.15, -0.1) is 0 Å². The predicted molar refractivity (Wildman–Crippen MR) is 330 cm³/mol. The molecule has 36 heteroatoms. The van der Waals surface area contributed by atoms with E-state index in [-0.39, 0.29) is 154 Å². The number of nitrogens with one attached hydrogen (secondary N) is 6. The number of H-pyrrole nitrogens is 1. The van der Waals surface area contributed by atoms with Crippen molar-refractivity contribution in [3.63, 3.8) is 0 Å². The number of Topliss-reactive ketones (excluding diaryl/α,β-unsaturated/α-hetero) is 3. The van der Waals surface area contributed by atoms with Crippen LogP contribution < -0.4 is 52.8 Å². The fraction of sp³-hybridized carbons (Fsp3) is 0.583. The first-order chi connectivity index (χ1) is 44.8. The fourth-order valence-electron chi connectivity index (χ4n) is 10.3. The zero-order chi connectivity index (χ0) is 69.3. The Morgan fingerprint density at radius 1 is 0.656 bits per heavy atom. The summed E-state index contributed by atoms with van der Waals surface area (Å²) in [4.78, 5) is 189. The quantitative estimate of drug-likeness (QED) is 0.0109. The third-order valence-corrected chi connectivity index (χ3v) is 15.4. The molecule has 0 spiro atoms. The van der Waals surface area contributed by atoms with Gasteiger partial charge in [0.1, 0.15) is 36.4 Å². The Hall–Kier alpha value is -8.17. The number of ether oxygens (including phenoxy) is 2. The molecular formula is C60H83GaN11O24-. The number of benzene rings is 1. The van der Waals surface area contributed by atoms with Crippen molar-refractivity contribution in [3.8, 4) is 0 Å². The van der Waals surface area contributed by atoms with Gasteiger partial charge in [-0.1, -0.05) is 30.3 Å². The van der Waals surface area contributed by atoms with E-state index in [0.717, 1.165) is 0 Å². The number of carboxylic acid groups (broad SMARTS) is 5. The van der Waals surface area contributed by atoms with E-state index < -0.39 is 176 Å². The van der Waals surface area contributed by atoms with Crippen molar-refractivity contribution >= 4 is 102 Å². The van der Waals surface area contributed by atoms with Gasteiger partial charge in [0, 0.05) is 128 Å². The van der Waals surface area contributed by atoms with Crippen molar-refractivity contribution in [2.45, 2.75) is 82.5 Å². The van der Waals surface area contributed by atoms with Crippen LogP contribution in [0.2, 0.25) is 0 Å². The molecule has 1 fully saturated rings. The normalized spacial score (nSPS) is 15.7. The van der Waals surface area contributed by atoms with Crippen molar-refractivity contribution in [1.82, 2.24) is 45.5 Å². The second kappa shape index (κ2) is 44.5.